The van der Waals surface area contributed by atoms with E-state index in [2.05, 4.69) is 4.98 Å². The van der Waals surface area contributed by atoms with Crippen molar-refractivity contribution in [3.8, 4) is 17.4 Å². The fourth-order valence-electron chi connectivity index (χ4n) is 1.63. The molecule has 1 aromatic carbocycles. The Kier molecular flexibility index (Phi) is 4.21. The minimum atomic E-state index is -4.51. The zero-order valence-electron chi connectivity index (χ0n) is 11.1. The standard InChI is InChI=1S/C14H13F3N2O2/c1-2-20-10-3-5-11(6-4-10)21-13-8-9(14(15,16)17)7-12(18)19-13/h3-8H,2H2,1H3,(H2,18,19). The monoisotopic (exact) mass is 298 g/mol. The first-order chi connectivity index (χ1) is 9.88. The average molecular weight is 298 g/mol. The van der Waals surface area contributed by atoms with Gasteiger partial charge in [0.2, 0.25) is 5.88 Å². The highest BCUT2D eigenvalue weighted by atomic mass is 19.4. The summed E-state index contributed by atoms with van der Waals surface area (Å²) in [6, 6.07) is 8.00. The van der Waals surface area contributed by atoms with Crippen LogP contribution in [0.25, 0.3) is 0 Å². The Labute approximate surface area is 119 Å². The van der Waals surface area contributed by atoms with Crippen molar-refractivity contribution in [3.05, 3.63) is 42.0 Å². The van der Waals surface area contributed by atoms with Crippen LogP contribution in [0.4, 0.5) is 19.0 Å². The highest BCUT2D eigenvalue weighted by Crippen LogP contribution is 2.33. The first-order valence-corrected chi connectivity index (χ1v) is 6.14. The molecular weight excluding hydrogens is 285 g/mol. The van der Waals surface area contributed by atoms with Crippen LogP contribution in [0.5, 0.6) is 17.4 Å². The van der Waals surface area contributed by atoms with E-state index in [9.17, 15) is 13.2 Å². The lowest BCUT2D eigenvalue weighted by atomic mass is 10.2. The Morgan fingerprint density at radius 2 is 1.71 bits per heavy atom. The number of rotatable bonds is 4. The Balaban J connectivity index is 2.21. The third-order valence-corrected chi connectivity index (χ3v) is 2.51. The van der Waals surface area contributed by atoms with Crippen molar-refractivity contribution >= 4 is 5.82 Å². The molecule has 21 heavy (non-hydrogen) atoms. The number of halogens is 3. The van der Waals surface area contributed by atoms with Gasteiger partial charge in [0.25, 0.3) is 0 Å². The van der Waals surface area contributed by atoms with Gasteiger partial charge in [-0.25, -0.2) is 0 Å². The maximum atomic E-state index is 12.7. The molecule has 112 valence electrons. The van der Waals surface area contributed by atoms with Crippen LogP contribution in [0.15, 0.2) is 36.4 Å². The molecule has 1 aromatic heterocycles. The lowest BCUT2D eigenvalue weighted by molar-refractivity contribution is -0.137. The van der Waals surface area contributed by atoms with Crippen molar-refractivity contribution in [3.63, 3.8) is 0 Å². The Bertz CT molecular complexity index is 613. The molecule has 1 heterocycles. The lowest BCUT2D eigenvalue weighted by Gasteiger charge is -2.11. The molecule has 0 atom stereocenters. The third kappa shape index (κ3) is 4.01. The fraction of sp³-hybridized carbons (Fsp3) is 0.214. The van der Waals surface area contributed by atoms with Gasteiger partial charge in [-0.15, -0.1) is 0 Å². The van der Waals surface area contributed by atoms with Crippen molar-refractivity contribution in [1.82, 2.24) is 4.98 Å². The first kappa shape index (κ1) is 15.0. The molecule has 0 bridgehead atoms. The van der Waals surface area contributed by atoms with Crippen LogP contribution in [0, 0.1) is 0 Å². The van der Waals surface area contributed by atoms with Crippen molar-refractivity contribution in [2.45, 2.75) is 13.1 Å². The van der Waals surface area contributed by atoms with E-state index in [0.717, 1.165) is 12.1 Å². The molecule has 4 nitrogen and oxygen atoms in total. The largest absolute Gasteiger partial charge is 0.494 e. The minimum Gasteiger partial charge on any atom is -0.494 e. The zero-order valence-corrected chi connectivity index (χ0v) is 11.1. The number of pyridine rings is 1. The number of nitrogen functional groups attached to an aromatic ring is 1. The second kappa shape index (κ2) is 5.90. The van der Waals surface area contributed by atoms with E-state index in [1.807, 2.05) is 6.92 Å². The molecule has 0 saturated carbocycles. The average Bonchev–Trinajstić information content (AvgIpc) is 2.40. The van der Waals surface area contributed by atoms with Gasteiger partial charge in [0.1, 0.15) is 17.3 Å². The predicted molar refractivity (Wildman–Crippen MR) is 71.3 cm³/mol. The molecule has 2 rings (SSSR count). The topological polar surface area (TPSA) is 57.4 Å². The second-order valence-electron chi connectivity index (χ2n) is 4.12. The molecule has 0 aliphatic heterocycles. The molecular formula is C14H13F3N2O2. The van der Waals surface area contributed by atoms with Crippen molar-refractivity contribution in [2.24, 2.45) is 0 Å². The van der Waals surface area contributed by atoms with Gasteiger partial charge in [0.15, 0.2) is 0 Å². The fourth-order valence-corrected chi connectivity index (χ4v) is 1.63. The summed E-state index contributed by atoms with van der Waals surface area (Å²) in [6.45, 7) is 2.37. The smallest absolute Gasteiger partial charge is 0.416 e. The van der Waals surface area contributed by atoms with Gasteiger partial charge in [0, 0.05) is 6.07 Å². The highest BCUT2D eigenvalue weighted by molar-refractivity contribution is 5.41. The van der Waals surface area contributed by atoms with E-state index in [4.69, 9.17) is 15.2 Å². The van der Waals surface area contributed by atoms with Crippen molar-refractivity contribution in [2.75, 3.05) is 12.3 Å². The molecule has 2 N–H and O–H groups in total. The van der Waals surface area contributed by atoms with Gasteiger partial charge < -0.3 is 15.2 Å². The second-order valence-corrected chi connectivity index (χ2v) is 4.12. The normalized spacial score (nSPS) is 11.2. The number of nitrogens with two attached hydrogens (primary N) is 1. The summed E-state index contributed by atoms with van der Waals surface area (Å²) in [5.41, 5.74) is 4.46. The van der Waals surface area contributed by atoms with Crippen LogP contribution in [0.2, 0.25) is 0 Å². The van der Waals surface area contributed by atoms with E-state index in [1.165, 1.54) is 0 Å². The summed E-state index contributed by atoms with van der Waals surface area (Å²) < 4.78 is 48.5. The molecule has 0 unspecified atom stereocenters. The number of ether oxygens (including phenoxy) is 2. The molecule has 0 fully saturated rings. The number of aromatic nitrogens is 1. The zero-order chi connectivity index (χ0) is 15.5. The van der Waals surface area contributed by atoms with Crippen LogP contribution >= 0.6 is 0 Å². The summed E-state index contributed by atoms with van der Waals surface area (Å²) in [5, 5.41) is 0. The van der Waals surface area contributed by atoms with E-state index < -0.39 is 11.7 Å². The Morgan fingerprint density at radius 1 is 1.10 bits per heavy atom. The van der Waals surface area contributed by atoms with Gasteiger partial charge in [-0.05, 0) is 37.3 Å². The number of anilines is 1. The molecule has 7 heteroatoms. The Hall–Kier alpha value is -2.44. The highest BCUT2D eigenvalue weighted by Gasteiger charge is 2.31. The van der Waals surface area contributed by atoms with Crippen LogP contribution in [-0.2, 0) is 6.18 Å². The van der Waals surface area contributed by atoms with Crippen molar-refractivity contribution < 1.29 is 22.6 Å². The van der Waals surface area contributed by atoms with Gasteiger partial charge in [-0.2, -0.15) is 18.2 Å². The number of nitrogens with zero attached hydrogens (tertiary/aromatic N) is 1. The SMILES string of the molecule is CCOc1ccc(Oc2cc(C(F)(F)F)cc(N)n2)cc1. The first-order valence-electron chi connectivity index (χ1n) is 6.14. The molecule has 0 spiro atoms. The molecule has 0 radical (unpaired) electrons. The van der Waals surface area contributed by atoms with E-state index >= 15 is 0 Å². The van der Waals surface area contributed by atoms with Crippen LogP contribution in [0.3, 0.4) is 0 Å². The van der Waals surface area contributed by atoms with Gasteiger partial charge in [-0.3, -0.25) is 0 Å². The molecule has 0 saturated heterocycles. The van der Waals surface area contributed by atoms with Crippen LogP contribution < -0.4 is 15.2 Å². The molecule has 0 aliphatic rings. The van der Waals surface area contributed by atoms with E-state index in [1.54, 1.807) is 24.3 Å². The van der Waals surface area contributed by atoms with E-state index in [0.29, 0.717) is 18.1 Å². The number of alkyl halides is 3. The lowest BCUT2D eigenvalue weighted by Crippen LogP contribution is -2.07. The molecule has 0 aliphatic carbocycles. The summed E-state index contributed by atoms with van der Waals surface area (Å²) in [4.78, 5) is 3.73. The van der Waals surface area contributed by atoms with Gasteiger partial charge >= 0.3 is 6.18 Å². The van der Waals surface area contributed by atoms with Gasteiger partial charge in [0.05, 0.1) is 12.2 Å². The summed E-state index contributed by atoms with van der Waals surface area (Å²) in [6.07, 6.45) is -4.51. The molecule has 0 amide bonds. The maximum Gasteiger partial charge on any atom is 0.416 e. The molecule has 2 aromatic rings. The number of benzene rings is 1. The van der Waals surface area contributed by atoms with Crippen LogP contribution in [0.1, 0.15) is 12.5 Å². The summed E-state index contributed by atoms with van der Waals surface area (Å²) >= 11 is 0. The summed E-state index contributed by atoms with van der Waals surface area (Å²) in [5.74, 6) is 0.503. The Morgan fingerprint density at radius 3 is 2.29 bits per heavy atom. The van der Waals surface area contributed by atoms with E-state index in [-0.39, 0.29) is 11.7 Å². The minimum absolute atomic E-state index is 0.216. The number of hydrogen-bond acceptors (Lipinski definition) is 4. The summed E-state index contributed by atoms with van der Waals surface area (Å²) in [7, 11) is 0. The van der Waals surface area contributed by atoms with Crippen molar-refractivity contribution in [1.29, 1.82) is 0 Å². The van der Waals surface area contributed by atoms with Gasteiger partial charge in [-0.1, -0.05) is 0 Å². The maximum absolute atomic E-state index is 12.7. The van der Waals surface area contributed by atoms with Crippen LogP contribution in [-0.4, -0.2) is 11.6 Å². The predicted octanol–water partition coefficient (Wildman–Crippen LogP) is 3.87. The third-order valence-electron chi connectivity index (χ3n) is 2.51. The quantitative estimate of drug-likeness (QED) is 0.930. The number of hydrogen-bond donors (Lipinski definition) is 1.